The molecule has 0 heterocycles. The maximum atomic E-state index is 11.0. The molecule has 0 radical (unpaired) electrons. The van der Waals surface area contributed by atoms with Crippen molar-refractivity contribution in [2.75, 3.05) is 0 Å². The molecule has 1 saturated carbocycles. The number of carbonyl (C=O) groups is 1. The Bertz CT molecular complexity index is 375. The fourth-order valence-corrected chi connectivity index (χ4v) is 2.92. The van der Waals surface area contributed by atoms with Gasteiger partial charge in [-0.2, -0.15) is 0 Å². The highest BCUT2D eigenvalue weighted by molar-refractivity contribution is 5.77. The van der Waals surface area contributed by atoms with E-state index in [2.05, 4.69) is 19.1 Å². The van der Waals surface area contributed by atoms with Gasteiger partial charge >= 0.3 is 0 Å². The molecule has 0 aliphatic heterocycles. The lowest BCUT2D eigenvalue weighted by molar-refractivity contribution is 0.112. The van der Waals surface area contributed by atoms with Crippen molar-refractivity contribution in [3.8, 4) is 0 Å². The highest BCUT2D eigenvalue weighted by Gasteiger charge is 2.16. The van der Waals surface area contributed by atoms with Crippen LogP contribution in [0.4, 0.5) is 0 Å². The fraction of sp³-hybridized carbons (Fsp3) is 0.562. The molecule has 92 valence electrons. The molecule has 1 nitrogen and oxygen atoms in total. The maximum absolute atomic E-state index is 11.0. The summed E-state index contributed by atoms with van der Waals surface area (Å²) >= 11 is 0. The summed E-state index contributed by atoms with van der Waals surface area (Å²) < 4.78 is 0. The van der Waals surface area contributed by atoms with E-state index >= 15 is 0 Å². The second-order valence-corrected chi connectivity index (χ2v) is 5.16. The summed E-state index contributed by atoms with van der Waals surface area (Å²) in [5, 5.41) is 0. The normalized spacial score (nSPS) is 17.0. The average Bonchev–Trinajstić information content (AvgIpc) is 2.40. The van der Waals surface area contributed by atoms with Gasteiger partial charge in [-0.25, -0.2) is 0 Å². The summed E-state index contributed by atoms with van der Waals surface area (Å²) in [6.07, 6.45) is 9.90. The number of benzene rings is 1. The van der Waals surface area contributed by atoms with Gasteiger partial charge in [0.05, 0.1) is 0 Å². The first-order valence-corrected chi connectivity index (χ1v) is 6.93. The van der Waals surface area contributed by atoms with Crippen LogP contribution in [0.1, 0.15) is 72.9 Å². The van der Waals surface area contributed by atoms with Gasteiger partial charge in [-0.1, -0.05) is 50.8 Å². The molecule has 0 atom stereocenters. The smallest absolute Gasteiger partial charge is 0.150 e. The van der Waals surface area contributed by atoms with Crippen molar-refractivity contribution in [1.29, 1.82) is 0 Å². The lowest BCUT2D eigenvalue weighted by Gasteiger charge is -2.22. The Labute approximate surface area is 104 Å². The summed E-state index contributed by atoms with van der Waals surface area (Å²) in [5.41, 5.74) is 3.58. The van der Waals surface area contributed by atoms with Crippen molar-refractivity contribution < 1.29 is 4.79 Å². The highest BCUT2D eigenvalue weighted by Crippen LogP contribution is 2.33. The van der Waals surface area contributed by atoms with Crippen LogP contribution in [0.2, 0.25) is 0 Å². The van der Waals surface area contributed by atoms with Crippen LogP contribution >= 0.6 is 0 Å². The molecule has 1 aromatic rings. The molecule has 17 heavy (non-hydrogen) atoms. The van der Waals surface area contributed by atoms with Gasteiger partial charge in [0.25, 0.3) is 0 Å². The minimum Gasteiger partial charge on any atom is -0.298 e. The van der Waals surface area contributed by atoms with Gasteiger partial charge in [0, 0.05) is 5.56 Å². The first-order chi connectivity index (χ1) is 8.35. The Hall–Kier alpha value is -1.11. The van der Waals surface area contributed by atoms with Crippen molar-refractivity contribution in [1.82, 2.24) is 0 Å². The van der Waals surface area contributed by atoms with Gasteiger partial charge in [0.2, 0.25) is 0 Å². The van der Waals surface area contributed by atoms with Crippen molar-refractivity contribution in [2.24, 2.45) is 0 Å². The molecule has 1 aromatic carbocycles. The van der Waals surface area contributed by atoms with Crippen LogP contribution in [-0.2, 0) is 6.42 Å². The van der Waals surface area contributed by atoms with E-state index in [4.69, 9.17) is 0 Å². The molecule has 1 fully saturated rings. The molecular formula is C16H22O. The van der Waals surface area contributed by atoms with Crippen molar-refractivity contribution in [3.05, 3.63) is 34.9 Å². The van der Waals surface area contributed by atoms with Gasteiger partial charge in [0.15, 0.2) is 0 Å². The van der Waals surface area contributed by atoms with E-state index < -0.39 is 0 Å². The van der Waals surface area contributed by atoms with E-state index in [0.29, 0.717) is 0 Å². The van der Waals surface area contributed by atoms with Crippen LogP contribution in [0.15, 0.2) is 18.2 Å². The molecule has 0 aromatic heterocycles. The van der Waals surface area contributed by atoms with Gasteiger partial charge in [0.1, 0.15) is 6.29 Å². The van der Waals surface area contributed by atoms with Crippen molar-refractivity contribution in [2.45, 2.75) is 57.8 Å². The number of hydrogen-bond acceptors (Lipinski definition) is 1. The lowest BCUT2D eigenvalue weighted by Crippen LogP contribution is -2.06. The second-order valence-electron chi connectivity index (χ2n) is 5.16. The molecule has 0 spiro atoms. The third kappa shape index (κ3) is 2.96. The Morgan fingerprint density at radius 1 is 1.24 bits per heavy atom. The zero-order valence-corrected chi connectivity index (χ0v) is 10.7. The van der Waals surface area contributed by atoms with E-state index in [1.165, 1.54) is 43.2 Å². The van der Waals surface area contributed by atoms with Crippen molar-refractivity contribution in [3.63, 3.8) is 0 Å². The lowest BCUT2D eigenvalue weighted by atomic mass is 9.83. The minimum atomic E-state index is 0.736. The number of aldehydes is 1. The van der Waals surface area contributed by atoms with Crippen LogP contribution in [0.3, 0.4) is 0 Å². The minimum absolute atomic E-state index is 0.736. The zero-order valence-electron chi connectivity index (χ0n) is 10.7. The molecule has 1 aliphatic carbocycles. The largest absolute Gasteiger partial charge is 0.298 e. The summed E-state index contributed by atoms with van der Waals surface area (Å²) in [6.45, 7) is 2.17. The first-order valence-electron chi connectivity index (χ1n) is 6.93. The first kappa shape index (κ1) is 12.3. The predicted molar refractivity (Wildman–Crippen MR) is 71.7 cm³/mol. The van der Waals surface area contributed by atoms with E-state index in [9.17, 15) is 4.79 Å². The number of aryl methyl sites for hydroxylation is 1. The second kappa shape index (κ2) is 6.00. The van der Waals surface area contributed by atoms with Crippen LogP contribution in [0.25, 0.3) is 0 Å². The Kier molecular flexibility index (Phi) is 4.36. The summed E-state index contributed by atoms with van der Waals surface area (Å²) in [5.74, 6) is 0.736. The number of hydrogen-bond donors (Lipinski definition) is 0. The molecule has 0 bridgehead atoms. The molecule has 0 amide bonds. The predicted octanol–water partition coefficient (Wildman–Crippen LogP) is 4.50. The molecule has 0 N–H and O–H groups in total. The number of carbonyl (C=O) groups excluding carboxylic acids is 1. The monoisotopic (exact) mass is 230 g/mol. The highest BCUT2D eigenvalue weighted by atomic mass is 16.1. The van der Waals surface area contributed by atoms with E-state index in [-0.39, 0.29) is 0 Å². The molecule has 1 aliphatic rings. The molecule has 0 unspecified atom stereocenters. The Morgan fingerprint density at radius 3 is 2.65 bits per heavy atom. The Morgan fingerprint density at radius 2 is 2.00 bits per heavy atom. The van der Waals surface area contributed by atoms with Crippen LogP contribution < -0.4 is 0 Å². The van der Waals surface area contributed by atoms with Crippen molar-refractivity contribution >= 4 is 6.29 Å². The van der Waals surface area contributed by atoms with Crippen LogP contribution in [-0.4, -0.2) is 6.29 Å². The van der Waals surface area contributed by atoms with Crippen LogP contribution in [0.5, 0.6) is 0 Å². The van der Waals surface area contributed by atoms with E-state index in [1.54, 1.807) is 0 Å². The summed E-state index contributed by atoms with van der Waals surface area (Å²) in [6, 6.07) is 6.46. The fourth-order valence-electron chi connectivity index (χ4n) is 2.92. The van der Waals surface area contributed by atoms with Gasteiger partial charge in [-0.15, -0.1) is 0 Å². The van der Waals surface area contributed by atoms with Gasteiger partial charge < -0.3 is 0 Å². The SMILES string of the molecule is CCCc1cc(C2CCCCC2)ccc1C=O. The Balaban J connectivity index is 2.22. The van der Waals surface area contributed by atoms with E-state index in [0.717, 1.165) is 30.6 Å². The third-order valence-electron chi connectivity index (χ3n) is 3.89. The zero-order chi connectivity index (χ0) is 12.1. The van der Waals surface area contributed by atoms with Gasteiger partial charge in [-0.3, -0.25) is 4.79 Å². The summed E-state index contributed by atoms with van der Waals surface area (Å²) in [7, 11) is 0. The molecular weight excluding hydrogens is 208 g/mol. The molecule has 0 saturated heterocycles. The average molecular weight is 230 g/mol. The molecule has 1 heteroatoms. The topological polar surface area (TPSA) is 17.1 Å². The third-order valence-corrected chi connectivity index (χ3v) is 3.89. The number of rotatable bonds is 4. The summed E-state index contributed by atoms with van der Waals surface area (Å²) in [4.78, 5) is 11.0. The molecule has 2 rings (SSSR count). The van der Waals surface area contributed by atoms with Gasteiger partial charge in [-0.05, 0) is 36.3 Å². The quantitative estimate of drug-likeness (QED) is 0.696. The van der Waals surface area contributed by atoms with Crippen LogP contribution in [0, 0.1) is 0 Å². The maximum Gasteiger partial charge on any atom is 0.150 e. The standard InChI is InChI=1S/C16H22O/c1-2-6-14-11-15(9-10-16(14)12-17)13-7-4-3-5-8-13/h9-13H,2-8H2,1H3. The van der Waals surface area contributed by atoms with E-state index in [1.807, 2.05) is 6.07 Å².